The SMILES string of the molecule is COc1cc([N+](=O)[O-])ccc1NC(=O)c1ccccc1SCc1ccccc1. The number of anilines is 1. The summed E-state index contributed by atoms with van der Waals surface area (Å²) in [6.45, 7) is 0. The third-order valence-electron chi connectivity index (χ3n) is 4.01. The van der Waals surface area contributed by atoms with Crippen molar-refractivity contribution in [3.05, 3.63) is 94.0 Å². The van der Waals surface area contributed by atoms with Gasteiger partial charge in [-0.1, -0.05) is 42.5 Å². The van der Waals surface area contributed by atoms with Gasteiger partial charge in [0.05, 0.1) is 29.4 Å². The second kappa shape index (κ2) is 9.05. The quantitative estimate of drug-likeness (QED) is 0.340. The Balaban J connectivity index is 1.79. The van der Waals surface area contributed by atoms with Crippen LogP contribution in [0.3, 0.4) is 0 Å². The number of non-ortho nitro benzene ring substituents is 1. The van der Waals surface area contributed by atoms with E-state index in [1.807, 2.05) is 42.5 Å². The topological polar surface area (TPSA) is 81.5 Å². The number of carbonyl (C=O) groups is 1. The molecule has 0 radical (unpaired) electrons. The molecule has 0 unspecified atom stereocenters. The summed E-state index contributed by atoms with van der Waals surface area (Å²) in [5.41, 5.74) is 1.97. The van der Waals surface area contributed by atoms with Gasteiger partial charge in [-0.25, -0.2) is 0 Å². The summed E-state index contributed by atoms with van der Waals surface area (Å²) in [5, 5.41) is 13.7. The van der Waals surface area contributed by atoms with Crippen LogP contribution >= 0.6 is 11.8 Å². The first-order chi connectivity index (χ1) is 13.6. The molecule has 1 amide bonds. The lowest BCUT2D eigenvalue weighted by Crippen LogP contribution is -2.13. The van der Waals surface area contributed by atoms with Gasteiger partial charge in [0.2, 0.25) is 0 Å². The highest BCUT2D eigenvalue weighted by Gasteiger charge is 2.16. The number of nitrogens with one attached hydrogen (secondary N) is 1. The van der Waals surface area contributed by atoms with E-state index in [1.165, 1.54) is 30.9 Å². The largest absolute Gasteiger partial charge is 0.494 e. The van der Waals surface area contributed by atoms with E-state index in [1.54, 1.807) is 23.9 Å². The van der Waals surface area contributed by atoms with Crippen LogP contribution in [0, 0.1) is 10.1 Å². The van der Waals surface area contributed by atoms with Crippen LogP contribution in [0.1, 0.15) is 15.9 Å². The first-order valence-electron chi connectivity index (χ1n) is 8.48. The summed E-state index contributed by atoms with van der Waals surface area (Å²) in [6, 6.07) is 21.4. The number of ether oxygens (including phenoxy) is 1. The Kier molecular flexibility index (Phi) is 6.29. The molecule has 1 N–H and O–H groups in total. The minimum Gasteiger partial charge on any atom is -0.494 e. The molecular weight excluding hydrogens is 376 g/mol. The van der Waals surface area contributed by atoms with E-state index >= 15 is 0 Å². The standard InChI is InChI=1S/C21H18N2O4S/c1-27-19-13-16(23(25)26)11-12-18(19)22-21(24)17-9-5-6-10-20(17)28-14-15-7-3-2-4-8-15/h2-13H,14H2,1H3,(H,22,24). The summed E-state index contributed by atoms with van der Waals surface area (Å²) in [7, 11) is 1.40. The highest BCUT2D eigenvalue weighted by Crippen LogP contribution is 2.31. The zero-order valence-electron chi connectivity index (χ0n) is 15.1. The number of benzene rings is 3. The molecule has 3 rings (SSSR count). The number of rotatable bonds is 7. The van der Waals surface area contributed by atoms with E-state index in [-0.39, 0.29) is 17.3 Å². The molecule has 3 aromatic carbocycles. The molecule has 3 aromatic rings. The Hall–Kier alpha value is -3.32. The first-order valence-corrected chi connectivity index (χ1v) is 9.46. The Labute approximate surface area is 166 Å². The fourth-order valence-electron chi connectivity index (χ4n) is 2.60. The van der Waals surface area contributed by atoms with Crippen molar-refractivity contribution in [1.82, 2.24) is 0 Å². The number of nitro benzene ring substituents is 1. The molecule has 0 bridgehead atoms. The van der Waals surface area contributed by atoms with Gasteiger partial charge in [0.1, 0.15) is 5.75 Å². The van der Waals surface area contributed by atoms with Crippen molar-refractivity contribution in [2.24, 2.45) is 0 Å². The third-order valence-corrected chi connectivity index (χ3v) is 5.16. The molecule has 0 saturated carbocycles. The lowest BCUT2D eigenvalue weighted by molar-refractivity contribution is -0.384. The number of amides is 1. The number of thioether (sulfide) groups is 1. The second-order valence-electron chi connectivity index (χ2n) is 5.87. The highest BCUT2D eigenvalue weighted by molar-refractivity contribution is 7.98. The second-order valence-corrected chi connectivity index (χ2v) is 6.88. The molecule has 0 aromatic heterocycles. The zero-order valence-corrected chi connectivity index (χ0v) is 15.9. The number of methoxy groups -OCH3 is 1. The van der Waals surface area contributed by atoms with E-state index < -0.39 is 4.92 Å². The van der Waals surface area contributed by atoms with Crippen molar-refractivity contribution in [2.75, 3.05) is 12.4 Å². The van der Waals surface area contributed by atoms with E-state index in [2.05, 4.69) is 5.32 Å². The average molecular weight is 394 g/mol. The molecule has 6 nitrogen and oxygen atoms in total. The normalized spacial score (nSPS) is 10.3. The molecule has 0 aliphatic heterocycles. The average Bonchev–Trinajstić information content (AvgIpc) is 2.73. The molecule has 0 fully saturated rings. The van der Waals surface area contributed by atoms with Crippen LogP contribution in [-0.4, -0.2) is 17.9 Å². The van der Waals surface area contributed by atoms with Gasteiger partial charge in [-0.3, -0.25) is 14.9 Å². The van der Waals surface area contributed by atoms with Crippen molar-refractivity contribution < 1.29 is 14.5 Å². The fraction of sp³-hybridized carbons (Fsp3) is 0.0952. The van der Waals surface area contributed by atoms with Crippen molar-refractivity contribution in [1.29, 1.82) is 0 Å². The zero-order chi connectivity index (χ0) is 19.9. The van der Waals surface area contributed by atoms with Crippen molar-refractivity contribution in [3.8, 4) is 5.75 Å². The molecular formula is C21H18N2O4S. The fourth-order valence-corrected chi connectivity index (χ4v) is 3.61. The Morgan fingerprint density at radius 2 is 1.79 bits per heavy atom. The summed E-state index contributed by atoms with van der Waals surface area (Å²) < 4.78 is 5.18. The van der Waals surface area contributed by atoms with Gasteiger partial charge < -0.3 is 10.1 Å². The Bertz CT molecular complexity index is 993. The van der Waals surface area contributed by atoms with Crippen LogP contribution in [0.2, 0.25) is 0 Å². The molecule has 142 valence electrons. The van der Waals surface area contributed by atoms with E-state index in [0.717, 1.165) is 10.6 Å². The summed E-state index contributed by atoms with van der Waals surface area (Å²) in [6.07, 6.45) is 0. The van der Waals surface area contributed by atoms with Gasteiger partial charge in [0.25, 0.3) is 11.6 Å². The molecule has 0 atom stereocenters. The van der Waals surface area contributed by atoms with Crippen LogP contribution in [0.4, 0.5) is 11.4 Å². The Morgan fingerprint density at radius 1 is 1.07 bits per heavy atom. The van der Waals surface area contributed by atoms with Gasteiger partial charge in [0.15, 0.2) is 0 Å². The number of hydrogen-bond acceptors (Lipinski definition) is 5. The maximum absolute atomic E-state index is 12.8. The lowest BCUT2D eigenvalue weighted by atomic mass is 10.2. The molecule has 0 aliphatic carbocycles. The van der Waals surface area contributed by atoms with Crippen LogP contribution in [0.5, 0.6) is 5.75 Å². The molecule has 28 heavy (non-hydrogen) atoms. The van der Waals surface area contributed by atoms with E-state index in [0.29, 0.717) is 11.3 Å². The number of nitrogens with zero attached hydrogens (tertiary/aromatic N) is 1. The molecule has 0 saturated heterocycles. The molecule has 0 heterocycles. The van der Waals surface area contributed by atoms with Crippen LogP contribution in [-0.2, 0) is 5.75 Å². The summed E-state index contributed by atoms with van der Waals surface area (Å²) >= 11 is 1.57. The number of hydrogen-bond donors (Lipinski definition) is 1. The van der Waals surface area contributed by atoms with E-state index in [9.17, 15) is 14.9 Å². The molecule has 7 heteroatoms. The monoisotopic (exact) mass is 394 g/mol. The van der Waals surface area contributed by atoms with Crippen LogP contribution < -0.4 is 10.1 Å². The van der Waals surface area contributed by atoms with E-state index in [4.69, 9.17) is 4.74 Å². The van der Waals surface area contributed by atoms with Crippen LogP contribution in [0.25, 0.3) is 0 Å². The van der Waals surface area contributed by atoms with Gasteiger partial charge in [-0.15, -0.1) is 11.8 Å². The lowest BCUT2D eigenvalue weighted by Gasteiger charge is -2.12. The third kappa shape index (κ3) is 4.69. The molecule has 0 aliphatic rings. The maximum atomic E-state index is 12.8. The highest BCUT2D eigenvalue weighted by atomic mass is 32.2. The van der Waals surface area contributed by atoms with Crippen molar-refractivity contribution in [3.63, 3.8) is 0 Å². The van der Waals surface area contributed by atoms with Crippen molar-refractivity contribution in [2.45, 2.75) is 10.6 Å². The van der Waals surface area contributed by atoms with Crippen LogP contribution in [0.15, 0.2) is 77.7 Å². The first kappa shape index (κ1) is 19.4. The predicted octanol–water partition coefficient (Wildman–Crippen LogP) is 5.15. The minimum absolute atomic E-state index is 0.103. The van der Waals surface area contributed by atoms with Gasteiger partial charge >= 0.3 is 0 Å². The van der Waals surface area contributed by atoms with Gasteiger partial charge in [-0.05, 0) is 23.8 Å². The van der Waals surface area contributed by atoms with Crippen molar-refractivity contribution >= 4 is 29.0 Å². The minimum atomic E-state index is -0.510. The number of carbonyl (C=O) groups excluding carboxylic acids is 1. The Morgan fingerprint density at radius 3 is 2.50 bits per heavy atom. The predicted molar refractivity (Wildman–Crippen MR) is 110 cm³/mol. The summed E-state index contributed by atoms with van der Waals surface area (Å²) in [5.74, 6) is 0.673. The molecule has 0 spiro atoms. The number of nitro groups is 1. The van der Waals surface area contributed by atoms with Gasteiger partial charge in [0, 0.05) is 16.7 Å². The maximum Gasteiger partial charge on any atom is 0.273 e. The van der Waals surface area contributed by atoms with Gasteiger partial charge in [-0.2, -0.15) is 0 Å². The summed E-state index contributed by atoms with van der Waals surface area (Å²) in [4.78, 5) is 24.1. The smallest absolute Gasteiger partial charge is 0.273 e.